The summed E-state index contributed by atoms with van der Waals surface area (Å²) in [5, 5.41) is 0. The molecule has 2 fully saturated rings. The highest BCUT2D eigenvalue weighted by Crippen LogP contribution is 2.31. The molecule has 3 rings (SSSR count). The highest BCUT2D eigenvalue weighted by Gasteiger charge is 2.38. The molecule has 6 nitrogen and oxygen atoms in total. The quantitative estimate of drug-likeness (QED) is 0.865. The number of likely N-dealkylation sites (tertiary alicyclic amines) is 2. The summed E-state index contributed by atoms with van der Waals surface area (Å²) in [6.07, 6.45) is 3.20. The van der Waals surface area contributed by atoms with Crippen molar-refractivity contribution in [2.75, 3.05) is 32.7 Å². The van der Waals surface area contributed by atoms with Gasteiger partial charge in [-0.05, 0) is 43.4 Å². The molecule has 1 aromatic heterocycles. The van der Waals surface area contributed by atoms with E-state index in [0.717, 1.165) is 44.5 Å². The third-order valence-corrected chi connectivity index (χ3v) is 5.71. The van der Waals surface area contributed by atoms with Gasteiger partial charge in [-0.2, -0.15) is 0 Å². The normalized spacial score (nSPS) is 23.8. The zero-order valence-electron chi connectivity index (χ0n) is 15.7. The number of aryl methyl sites for hydroxylation is 1. The molecule has 3 heterocycles. The molecular weight excluding hydrogens is 354 g/mol. The first-order valence-corrected chi connectivity index (χ1v) is 9.32. The fourth-order valence-corrected chi connectivity index (χ4v) is 3.80. The Morgan fingerprint density at radius 2 is 1.92 bits per heavy atom. The lowest BCUT2D eigenvalue weighted by molar-refractivity contribution is -0.136. The van der Waals surface area contributed by atoms with Gasteiger partial charge in [0.05, 0.1) is 0 Å². The average molecular weight is 384 g/mol. The number of amides is 2. The standard InChI is InChI=1S/C19H29N3O3.ClH/c1-3-15-4-5-16(25-15)18(24)21-9-6-14(7-10-21)17(23)22-11-8-19(2,12-20)13-22;/h4-5,14H,3,6-13,20H2,1-2H3;1H. The molecule has 2 N–H and O–H groups in total. The summed E-state index contributed by atoms with van der Waals surface area (Å²) in [5.41, 5.74) is 5.89. The first-order valence-electron chi connectivity index (χ1n) is 9.32. The van der Waals surface area contributed by atoms with E-state index in [1.165, 1.54) is 0 Å². The molecule has 2 saturated heterocycles. The van der Waals surface area contributed by atoms with Crippen LogP contribution in [0.5, 0.6) is 0 Å². The number of rotatable bonds is 4. The molecule has 146 valence electrons. The van der Waals surface area contributed by atoms with Gasteiger partial charge in [-0.1, -0.05) is 13.8 Å². The van der Waals surface area contributed by atoms with E-state index in [-0.39, 0.29) is 35.6 Å². The summed E-state index contributed by atoms with van der Waals surface area (Å²) in [4.78, 5) is 29.0. The Morgan fingerprint density at radius 3 is 2.46 bits per heavy atom. The van der Waals surface area contributed by atoms with Crippen LogP contribution in [0.2, 0.25) is 0 Å². The summed E-state index contributed by atoms with van der Waals surface area (Å²) in [6.45, 7) is 7.55. The summed E-state index contributed by atoms with van der Waals surface area (Å²) in [6, 6.07) is 3.60. The number of piperidine rings is 1. The minimum absolute atomic E-state index is 0. The number of carbonyl (C=O) groups excluding carboxylic acids is 2. The van der Waals surface area contributed by atoms with Gasteiger partial charge in [0.15, 0.2) is 5.76 Å². The molecule has 0 spiro atoms. The second kappa shape index (κ2) is 8.44. The number of halogens is 1. The molecular formula is C19H30ClN3O3. The van der Waals surface area contributed by atoms with Crippen LogP contribution < -0.4 is 5.73 Å². The van der Waals surface area contributed by atoms with E-state index in [4.69, 9.17) is 10.2 Å². The second-order valence-electron chi connectivity index (χ2n) is 7.71. The van der Waals surface area contributed by atoms with E-state index in [2.05, 4.69) is 6.92 Å². The largest absolute Gasteiger partial charge is 0.456 e. The molecule has 7 heteroatoms. The van der Waals surface area contributed by atoms with Crippen molar-refractivity contribution in [1.29, 1.82) is 0 Å². The third-order valence-electron chi connectivity index (χ3n) is 5.71. The predicted octanol–water partition coefficient (Wildman–Crippen LogP) is 2.31. The van der Waals surface area contributed by atoms with Crippen LogP contribution in [-0.4, -0.2) is 54.3 Å². The Labute approximate surface area is 161 Å². The molecule has 2 aliphatic rings. The van der Waals surface area contributed by atoms with Crippen molar-refractivity contribution in [3.63, 3.8) is 0 Å². The van der Waals surface area contributed by atoms with Gasteiger partial charge in [-0.25, -0.2) is 0 Å². The first-order chi connectivity index (χ1) is 12.0. The van der Waals surface area contributed by atoms with E-state index in [1.807, 2.05) is 17.9 Å². The Kier molecular flexibility index (Phi) is 6.74. The van der Waals surface area contributed by atoms with E-state index < -0.39 is 0 Å². The monoisotopic (exact) mass is 383 g/mol. The summed E-state index contributed by atoms with van der Waals surface area (Å²) >= 11 is 0. The molecule has 1 atom stereocenters. The Morgan fingerprint density at radius 1 is 1.23 bits per heavy atom. The predicted molar refractivity (Wildman–Crippen MR) is 102 cm³/mol. The van der Waals surface area contributed by atoms with Crippen LogP contribution >= 0.6 is 12.4 Å². The summed E-state index contributed by atoms with van der Waals surface area (Å²) < 4.78 is 5.56. The van der Waals surface area contributed by atoms with Gasteiger partial charge in [0.2, 0.25) is 5.91 Å². The van der Waals surface area contributed by atoms with E-state index in [1.54, 1.807) is 11.0 Å². The lowest BCUT2D eigenvalue weighted by Crippen LogP contribution is -2.44. The first kappa shape index (κ1) is 20.8. The fraction of sp³-hybridized carbons (Fsp3) is 0.684. The van der Waals surface area contributed by atoms with Crippen molar-refractivity contribution in [2.45, 2.75) is 39.5 Å². The SMILES string of the molecule is CCc1ccc(C(=O)N2CCC(C(=O)N3CCC(C)(CN)C3)CC2)o1.Cl. The summed E-state index contributed by atoms with van der Waals surface area (Å²) in [5.74, 6) is 1.41. The molecule has 1 aromatic rings. The highest BCUT2D eigenvalue weighted by atomic mass is 35.5. The number of nitrogens with two attached hydrogens (primary N) is 1. The molecule has 2 amide bonds. The molecule has 0 aliphatic carbocycles. The van der Waals surface area contributed by atoms with Crippen LogP contribution in [0.3, 0.4) is 0 Å². The number of furan rings is 1. The topological polar surface area (TPSA) is 79.8 Å². The van der Waals surface area contributed by atoms with Crippen molar-refractivity contribution >= 4 is 24.2 Å². The molecule has 0 aromatic carbocycles. The highest BCUT2D eigenvalue weighted by molar-refractivity contribution is 5.91. The van der Waals surface area contributed by atoms with E-state index >= 15 is 0 Å². The zero-order valence-corrected chi connectivity index (χ0v) is 16.5. The maximum atomic E-state index is 12.8. The summed E-state index contributed by atoms with van der Waals surface area (Å²) in [7, 11) is 0. The smallest absolute Gasteiger partial charge is 0.289 e. The fourth-order valence-electron chi connectivity index (χ4n) is 3.80. The number of carbonyl (C=O) groups is 2. The van der Waals surface area contributed by atoms with Gasteiger partial charge in [0, 0.05) is 38.5 Å². The lowest BCUT2D eigenvalue weighted by atomic mass is 9.90. The van der Waals surface area contributed by atoms with Crippen LogP contribution in [0.25, 0.3) is 0 Å². The van der Waals surface area contributed by atoms with Gasteiger partial charge in [0.25, 0.3) is 5.91 Å². The Hall–Kier alpha value is -1.53. The van der Waals surface area contributed by atoms with Crippen LogP contribution in [0.4, 0.5) is 0 Å². The number of hydrogen-bond acceptors (Lipinski definition) is 4. The van der Waals surface area contributed by atoms with Crippen LogP contribution in [-0.2, 0) is 11.2 Å². The zero-order chi connectivity index (χ0) is 18.0. The van der Waals surface area contributed by atoms with Crippen molar-refractivity contribution in [2.24, 2.45) is 17.1 Å². The van der Waals surface area contributed by atoms with E-state index in [0.29, 0.717) is 25.4 Å². The Bertz CT molecular complexity index is 640. The van der Waals surface area contributed by atoms with Crippen molar-refractivity contribution in [1.82, 2.24) is 9.80 Å². The van der Waals surface area contributed by atoms with Gasteiger partial charge in [0.1, 0.15) is 5.76 Å². The van der Waals surface area contributed by atoms with Crippen molar-refractivity contribution < 1.29 is 14.0 Å². The van der Waals surface area contributed by atoms with Crippen LogP contribution in [0.1, 0.15) is 49.4 Å². The minimum atomic E-state index is -0.0671. The van der Waals surface area contributed by atoms with E-state index in [9.17, 15) is 9.59 Å². The molecule has 0 bridgehead atoms. The van der Waals surface area contributed by atoms with Gasteiger partial charge >= 0.3 is 0 Å². The number of nitrogens with zero attached hydrogens (tertiary/aromatic N) is 2. The molecule has 1 unspecified atom stereocenters. The maximum Gasteiger partial charge on any atom is 0.289 e. The minimum Gasteiger partial charge on any atom is -0.456 e. The van der Waals surface area contributed by atoms with Gasteiger partial charge in [-0.15, -0.1) is 12.4 Å². The van der Waals surface area contributed by atoms with Crippen LogP contribution in [0.15, 0.2) is 16.5 Å². The lowest BCUT2D eigenvalue weighted by Gasteiger charge is -2.33. The van der Waals surface area contributed by atoms with Gasteiger partial charge < -0.3 is 20.0 Å². The molecule has 0 saturated carbocycles. The molecule has 0 radical (unpaired) electrons. The second-order valence-corrected chi connectivity index (χ2v) is 7.71. The molecule has 26 heavy (non-hydrogen) atoms. The third kappa shape index (κ3) is 4.23. The number of hydrogen-bond donors (Lipinski definition) is 1. The maximum absolute atomic E-state index is 12.8. The van der Waals surface area contributed by atoms with Crippen molar-refractivity contribution in [3.8, 4) is 0 Å². The van der Waals surface area contributed by atoms with Crippen LogP contribution in [0, 0.1) is 11.3 Å². The van der Waals surface area contributed by atoms with Crippen molar-refractivity contribution in [3.05, 3.63) is 23.7 Å². The average Bonchev–Trinajstić information content (AvgIpc) is 3.28. The molecule has 2 aliphatic heterocycles. The van der Waals surface area contributed by atoms with Gasteiger partial charge in [-0.3, -0.25) is 9.59 Å². The Balaban J connectivity index is 0.00000243.